The summed E-state index contributed by atoms with van der Waals surface area (Å²) >= 11 is 0. The topological polar surface area (TPSA) is 93.7 Å². The van der Waals surface area contributed by atoms with Crippen LogP contribution in [0, 0.1) is 0 Å². The van der Waals surface area contributed by atoms with E-state index in [0.717, 1.165) is 5.56 Å². The van der Waals surface area contributed by atoms with Crippen molar-refractivity contribution in [2.45, 2.75) is 31.4 Å². The first kappa shape index (κ1) is 23.3. The Morgan fingerprint density at radius 3 is 2.31 bits per heavy atom. The Bertz CT molecular complexity index is 1180. The lowest BCUT2D eigenvalue weighted by molar-refractivity contribution is 0.102. The average Bonchev–Trinajstić information content (AvgIpc) is 2.77. The number of ether oxygens (including phenoxy) is 2. The molecule has 3 aromatic carbocycles. The van der Waals surface area contributed by atoms with Gasteiger partial charge in [0.15, 0.2) is 0 Å². The summed E-state index contributed by atoms with van der Waals surface area (Å²) in [7, 11) is -2.29. The van der Waals surface area contributed by atoms with Crippen LogP contribution >= 0.6 is 0 Å². The van der Waals surface area contributed by atoms with Gasteiger partial charge in [0, 0.05) is 6.04 Å². The third-order valence-corrected chi connectivity index (χ3v) is 6.15. The molecule has 0 unspecified atom stereocenters. The third-order valence-electron chi connectivity index (χ3n) is 4.49. The second-order valence-corrected chi connectivity index (χ2v) is 9.08. The molecule has 1 amide bonds. The van der Waals surface area contributed by atoms with Crippen LogP contribution < -0.4 is 19.5 Å². The molecule has 3 rings (SSSR count). The van der Waals surface area contributed by atoms with E-state index in [1.165, 1.54) is 25.3 Å². The largest absolute Gasteiger partial charge is 0.495 e. The number of nitrogens with one attached hydrogen (secondary N) is 2. The van der Waals surface area contributed by atoms with Crippen LogP contribution in [0.5, 0.6) is 11.5 Å². The maximum Gasteiger partial charge on any atom is 0.259 e. The summed E-state index contributed by atoms with van der Waals surface area (Å²) < 4.78 is 38.8. The van der Waals surface area contributed by atoms with Gasteiger partial charge < -0.3 is 14.8 Å². The van der Waals surface area contributed by atoms with Crippen molar-refractivity contribution in [1.29, 1.82) is 0 Å². The first-order valence-corrected chi connectivity index (χ1v) is 11.6. The van der Waals surface area contributed by atoms with Gasteiger partial charge in [-0.1, -0.05) is 42.5 Å². The molecule has 0 spiro atoms. The zero-order valence-corrected chi connectivity index (χ0v) is 19.0. The smallest absolute Gasteiger partial charge is 0.259 e. The van der Waals surface area contributed by atoms with Crippen molar-refractivity contribution >= 4 is 21.6 Å². The summed E-state index contributed by atoms with van der Waals surface area (Å²) in [5, 5.41) is 2.75. The molecule has 7 nitrogen and oxygen atoms in total. The number of carbonyl (C=O) groups is 1. The number of rotatable bonds is 9. The Labute approximate surface area is 188 Å². The fraction of sp³-hybridized carbons (Fsp3) is 0.208. The molecule has 2 N–H and O–H groups in total. The average molecular weight is 455 g/mol. The molecule has 0 fully saturated rings. The van der Waals surface area contributed by atoms with Crippen LogP contribution in [0.4, 0.5) is 5.69 Å². The molecule has 0 heterocycles. The molecule has 8 heteroatoms. The van der Waals surface area contributed by atoms with E-state index < -0.39 is 15.9 Å². The van der Waals surface area contributed by atoms with Crippen molar-refractivity contribution < 1.29 is 22.7 Å². The van der Waals surface area contributed by atoms with E-state index in [1.807, 2.05) is 30.3 Å². The molecule has 3 aromatic rings. The van der Waals surface area contributed by atoms with Gasteiger partial charge in [-0.25, -0.2) is 13.1 Å². The minimum absolute atomic E-state index is 0.0240. The number of sulfonamides is 1. The van der Waals surface area contributed by atoms with E-state index in [4.69, 9.17) is 9.47 Å². The highest BCUT2D eigenvalue weighted by atomic mass is 32.2. The van der Waals surface area contributed by atoms with Gasteiger partial charge in [-0.3, -0.25) is 4.79 Å². The van der Waals surface area contributed by atoms with Gasteiger partial charge in [0.05, 0.1) is 23.3 Å². The predicted molar refractivity (Wildman–Crippen MR) is 124 cm³/mol. The van der Waals surface area contributed by atoms with Crippen molar-refractivity contribution in [2.75, 3.05) is 12.4 Å². The van der Waals surface area contributed by atoms with E-state index in [2.05, 4.69) is 10.0 Å². The number of hydrogen-bond acceptors (Lipinski definition) is 5. The highest BCUT2D eigenvalue weighted by molar-refractivity contribution is 7.89. The van der Waals surface area contributed by atoms with E-state index >= 15 is 0 Å². The molecule has 0 aliphatic rings. The fourth-order valence-corrected chi connectivity index (χ4v) is 4.31. The van der Waals surface area contributed by atoms with Gasteiger partial charge in [0.25, 0.3) is 5.91 Å². The maximum absolute atomic E-state index is 13.0. The van der Waals surface area contributed by atoms with Crippen LogP contribution in [0.2, 0.25) is 0 Å². The SMILES string of the molecule is COc1ccc(S(=O)(=O)NC(C)C)cc1NC(=O)c1ccccc1OCc1ccccc1. The normalized spacial score (nSPS) is 11.2. The number of hydrogen-bond donors (Lipinski definition) is 2. The first-order valence-electron chi connectivity index (χ1n) is 10.1. The zero-order chi connectivity index (χ0) is 23.1. The van der Waals surface area contributed by atoms with E-state index in [-0.39, 0.29) is 16.6 Å². The Balaban J connectivity index is 1.85. The fourth-order valence-electron chi connectivity index (χ4n) is 3.04. The Morgan fingerprint density at radius 2 is 1.62 bits per heavy atom. The molecule has 168 valence electrons. The lowest BCUT2D eigenvalue weighted by Gasteiger charge is -2.15. The lowest BCUT2D eigenvalue weighted by atomic mass is 10.1. The molecule has 0 aromatic heterocycles. The number of anilines is 1. The van der Waals surface area contributed by atoms with Crippen LogP contribution in [0.1, 0.15) is 29.8 Å². The highest BCUT2D eigenvalue weighted by Gasteiger charge is 2.20. The summed E-state index contributed by atoms with van der Waals surface area (Å²) in [4.78, 5) is 13.1. The standard InChI is InChI=1S/C24H26N2O5S/c1-17(2)26-32(28,29)19-13-14-23(30-3)21(15-19)25-24(27)20-11-7-8-12-22(20)31-16-18-9-5-4-6-10-18/h4-15,17,26H,16H2,1-3H3,(H,25,27). The number of carbonyl (C=O) groups excluding carboxylic acids is 1. The van der Waals surface area contributed by atoms with Gasteiger partial charge in [-0.2, -0.15) is 0 Å². The van der Waals surface area contributed by atoms with Crippen molar-refractivity contribution in [3.05, 3.63) is 83.9 Å². The molecule has 0 aliphatic carbocycles. The molecule has 0 aliphatic heterocycles. The van der Waals surface area contributed by atoms with Gasteiger partial charge in [0.1, 0.15) is 18.1 Å². The van der Waals surface area contributed by atoms with E-state index in [0.29, 0.717) is 23.7 Å². The van der Waals surface area contributed by atoms with Crippen molar-refractivity contribution in [3.63, 3.8) is 0 Å². The summed E-state index contributed by atoms with van der Waals surface area (Å²) in [6.45, 7) is 3.77. The second kappa shape index (κ2) is 10.3. The monoisotopic (exact) mass is 454 g/mol. The van der Waals surface area contributed by atoms with Gasteiger partial charge >= 0.3 is 0 Å². The summed E-state index contributed by atoms with van der Waals surface area (Å²) in [6, 6.07) is 20.5. The summed E-state index contributed by atoms with van der Waals surface area (Å²) in [5.74, 6) is 0.306. The van der Waals surface area contributed by atoms with Crippen LogP contribution in [0.15, 0.2) is 77.7 Å². The predicted octanol–water partition coefficient (Wildman–Crippen LogP) is 4.21. The molecule has 0 saturated carbocycles. The highest BCUT2D eigenvalue weighted by Crippen LogP contribution is 2.29. The third kappa shape index (κ3) is 5.87. The van der Waals surface area contributed by atoms with Crippen molar-refractivity contribution in [1.82, 2.24) is 4.72 Å². The molecule has 32 heavy (non-hydrogen) atoms. The number of para-hydroxylation sites is 1. The van der Waals surface area contributed by atoms with Gasteiger partial charge in [-0.05, 0) is 49.7 Å². The molecular formula is C24H26N2O5S. The van der Waals surface area contributed by atoms with Gasteiger partial charge in [0.2, 0.25) is 10.0 Å². The van der Waals surface area contributed by atoms with Crippen LogP contribution in [0.25, 0.3) is 0 Å². The van der Waals surface area contributed by atoms with Crippen LogP contribution in [-0.4, -0.2) is 27.5 Å². The quantitative estimate of drug-likeness (QED) is 0.505. The van der Waals surface area contributed by atoms with Crippen molar-refractivity contribution in [2.24, 2.45) is 0 Å². The number of methoxy groups -OCH3 is 1. The minimum Gasteiger partial charge on any atom is -0.495 e. The second-order valence-electron chi connectivity index (χ2n) is 7.36. The summed E-state index contributed by atoms with van der Waals surface area (Å²) in [5.41, 5.74) is 1.53. The molecular weight excluding hydrogens is 428 g/mol. The van der Waals surface area contributed by atoms with Crippen molar-refractivity contribution in [3.8, 4) is 11.5 Å². The molecule has 0 bridgehead atoms. The van der Waals surface area contributed by atoms with Crippen LogP contribution in [-0.2, 0) is 16.6 Å². The van der Waals surface area contributed by atoms with E-state index in [1.54, 1.807) is 38.1 Å². The summed E-state index contributed by atoms with van der Waals surface area (Å²) in [6.07, 6.45) is 0. The van der Waals surface area contributed by atoms with Gasteiger partial charge in [-0.15, -0.1) is 0 Å². The Hall–Kier alpha value is -3.36. The molecule has 0 atom stereocenters. The maximum atomic E-state index is 13.0. The lowest BCUT2D eigenvalue weighted by Crippen LogP contribution is -2.30. The molecule has 0 radical (unpaired) electrons. The Morgan fingerprint density at radius 1 is 0.938 bits per heavy atom. The number of amides is 1. The van der Waals surface area contributed by atoms with E-state index in [9.17, 15) is 13.2 Å². The minimum atomic E-state index is -3.74. The zero-order valence-electron chi connectivity index (χ0n) is 18.2. The molecule has 0 saturated heterocycles. The Kier molecular flexibility index (Phi) is 7.50. The number of benzene rings is 3. The van der Waals surface area contributed by atoms with Crippen LogP contribution in [0.3, 0.4) is 0 Å². The first-order chi connectivity index (χ1) is 15.3.